The van der Waals surface area contributed by atoms with Crippen LogP contribution in [-0.2, 0) is 33.1 Å². The quantitative estimate of drug-likeness (QED) is 0.101. The molecule has 4 heterocycles. The third-order valence-electron chi connectivity index (χ3n) is 12.0. The number of hydrogen-bond acceptors (Lipinski definition) is 4. The van der Waals surface area contributed by atoms with Gasteiger partial charge in [-0.25, -0.2) is 0 Å². The summed E-state index contributed by atoms with van der Waals surface area (Å²) >= 11 is -1.86. The SMILES string of the molecule is CC(C)Cc1cc(-c2[c-]cccc2)nc[c]1[Ge]([CH3])([CH3])[CH3].Cc1cc2oc3c(-c4nc5ccccc5n4Cc4c(C(C)C)cc(-c5ccccc5)cc4C(C)C)[c-]ccc3c2c(C)n1.[Ir]. The van der Waals surface area contributed by atoms with Crippen molar-refractivity contribution < 1.29 is 24.5 Å². The minimum atomic E-state index is -1.86. The number of aromatic nitrogens is 4. The first-order valence-corrected chi connectivity index (χ1v) is 29.9. The Bertz CT molecular complexity index is 3020. The molecule has 0 spiro atoms. The zero-order valence-electron chi connectivity index (χ0n) is 39.2. The summed E-state index contributed by atoms with van der Waals surface area (Å²) in [7, 11) is 0. The van der Waals surface area contributed by atoms with Crippen LogP contribution in [0.1, 0.15) is 87.0 Å². The van der Waals surface area contributed by atoms with Crippen molar-refractivity contribution in [3.8, 4) is 33.8 Å². The number of fused-ring (bicyclic) bond motifs is 4. The van der Waals surface area contributed by atoms with Crippen molar-refractivity contribution in [3.63, 3.8) is 0 Å². The van der Waals surface area contributed by atoms with Gasteiger partial charge in [0.1, 0.15) is 5.58 Å². The minimum absolute atomic E-state index is 0. The van der Waals surface area contributed by atoms with E-state index in [9.17, 15) is 0 Å². The topological polar surface area (TPSA) is 56.7 Å². The molecule has 5 nitrogen and oxygen atoms in total. The molecule has 0 fully saturated rings. The van der Waals surface area contributed by atoms with Crippen molar-refractivity contribution >= 4 is 50.6 Å². The number of nitrogens with zero attached hydrogens (tertiary/aromatic N) is 4. The number of aryl methyl sites for hydroxylation is 2. The summed E-state index contributed by atoms with van der Waals surface area (Å²) in [5, 5.41) is 2.10. The van der Waals surface area contributed by atoms with Gasteiger partial charge in [-0.1, -0.05) is 93.2 Å². The second kappa shape index (κ2) is 19.5. The fourth-order valence-electron chi connectivity index (χ4n) is 9.06. The molecular weight excluding hydrogens is 1020 g/mol. The molecule has 0 saturated carbocycles. The first kappa shape index (κ1) is 46.8. The van der Waals surface area contributed by atoms with Gasteiger partial charge in [-0.3, -0.25) is 9.97 Å². The Morgan fingerprint density at radius 1 is 0.719 bits per heavy atom. The van der Waals surface area contributed by atoms with Crippen LogP contribution < -0.4 is 4.40 Å². The summed E-state index contributed by atoms with van der Waals surface area (Å²) in [6.07, 6.45) is 3.27. The van der Waals surface area contributed by atoms with E-state index in [4.69, 9.17) is 19.4 Å². The monoisotopic (exact) mass is 1080 g/mol. The van der Waals surface area contributed by atoms with E-state index in [1.165, 1.54) is 33.4 Å². The third-order valence-corrected chi connectivity index (χ3v) is 16.3. The van der Waals surface area contributed by atoms with Crippen LogP contribution in [0.25, 0.3) is 66.7 Å². The first-order chi connectivity index (χ1) is 30.2. The van der Waals surface area contributed by atoms with Crippen LogP contribution >= 0.6 is 0 Å². The molecular formula is C57H60GeIrN4O-2. The molecule has 7 heteroatoms. The van der Waals surface area contributed by atoms with Crippen molar-refractivity contribution in [2.75, 3.05) is 0 Å². The number of furan rings is 1. The van der Waals surface area contributed by atoms with Crippen molar-refractivity contribution in [2.24, 2.45) is 5.92 Å². The van der Waals surface area contributed by atoms with Crippen LogP contribution in [0.15, 0.2) is 126 Å². The molecule has 9 aromatic rings. The molecule has 0 aliphatic carbocycles. The zero-order valence-corrected chi connectivity index (χ0v) is 43.7. The normalized spacial score (nSPS) is 11.8. The van der Waals surface area contributed by atoms with Crippen LogP contribution in [0, 0.1) is 31.9 Å². The second-order valence-corrected chi connectivity index (χ2v) is 29.7. The van der Waals surface area contributed by atoms with Gasteiger partial charge in [0.2, 0.25) is 0 Å². The molecule has 0 aliphatic heterocycles. The molecule has 0 aliphatic rings. The minimum Gasteiger partial charge on any atom is -0.500 e. The molecule has 9 rings (SSSR count). The zero-order chi connectivity index (χ0) is 44.6. The van der Waals surface area contributed by atoms with E-state index in [1.807, 2.05) is 37.3 Å². The largest absolute Gasteiger partial charge is 0.500 e. The maximum absolute atomic E-state index is 6.56. The molecule has 0 bridgehead atoms. The van der Waals surface area contributed by atoms with Crippen LogP contribution in [-0.4, -0.2) is 32.8 Å². The summed E-state index contributed by atoms with van der Waals surface area (Å²) in [4.78, 5) is 14.6. The molecule has 329 valence electrons. The van der Waals surface area contributed by atoms with Crippen molar-refractivity contribution in [1.29, 1.82) is 0 Å². The number of para-hydroxylation sites is 2. The predicted molar refractivity (Wildman–Crippen MR) is 268 cm³/mol. The maximum atomic E-state index is 6.56. The van der Waals surface area contributed by atoms with Crippen LogP contribution in [0.3, 0.4) is 0 Å². The third kappa shape index (κ3) is 9.76. The van der Waals surface area contributed by atoms with Crippen LogP contribution in [0.2, 0.25) is 17.3 Å². The smallest absolute Gasteiger partial charge is 0.124 e. The van der Waals surface area contributed by atoms with Gasteiger partial charge in [0.05, 0.1) is 22.4 Å². The average molecular weight is 1080 g/mol. The van der Waals surface area contributed by atoms with Gasteiger partial charge in [-0.2, -0.15) is 0 Å². The maximum Gasteiger partial charge on any atom is 0.124 e. The molecule has 5 aromatic carbocycles. The number of imidazole rings is 1. The Hall–Kier alpha value is -5.14. The van der Waals surface area contributed by atoms with E-state index < -0.39 is 13.3 Å². The van der Waals surface area contributed by atoms with Crippen molar-refractivity contribution in [1.82, 2.24) is 19.5 Å². The molecule has 0 atom stereocenters. The van der Waals surface area contributed by atoms with Gasteiger partial charge < -0.3 is 8.98 Å². The van der Waals surface area contributed by atoms with Gasteiger partial charge in [-0.15, -0.1) is 18.2 Å². The van der Waals surface area contributed by atoms with Gasteiger partial charge >= 0.3 is 126 Å². The van der Waals surface area contributed by atoms with E-state index in [-0.39, 0.29) is 20.1 Å². The van der Waals surface area contributed by atoms with Gasteiger partial charge in [-0.05, 0) is 65.6 Å². The molecule has 0 N–H and O–H groups in total. The number of rotatable bonds is 10. The molecule has 0 saturated heterocycles. The van der Waals surface area contributed by atoms with Crippen molar-refractivity contribution in [3.05, 3.63) is 167 Å². The van der Waals surface area contributed by atoms with E-state index in [0.29, 0.717) is 24.3 Å². The Balaban J connectivity index is 0.000000246. The average Bonchev–Trinajstić information content (AvgIpc) is 3.82. The van der Waals surface area contributed by atoms with Crippen molar-refractivity contribution in [2.45, 2.75) is 97.5 Å². The number of benzene rings is 5. The second-order valence-electron chi connectivity index (χ2n) is 19.1. The van der Waals surface area contributed by atoms with E-state index in [0.717, 1.165) is 73.4 Å². The molecule has 4 aromatic heterocycles. The van der Waals surface area contributed by atoms with E-state index >= 15 is 0 Å². The van der Waals surface area contributed by atoms with Gasteiger partial charge in [0.25, 0.3) is 0 Å². The Morgan fingerprint density at radius 2 is 1.41 bits per heavy atom. The molecule has 0 unspecified atom stereocenters. The number of hydrogen-bond donors (Lipinski definition) is 0. The van der Waals surface area contributed by atoms with E-state index in [1.54, 1.807) is 4.40 Å². The Labute approximate surface area is 396 Å². The molecule has 0 amide bonds. The summed E-state index contributed by atoms with van der Waals surface area (Å²) in [5.74, 6) is 9.58. The fraction of sp³-hybridized carbons (Fsp3) is 0.281. The molecule has 1 radical (unpaired) electrons. The van der Waals surface area contributed by atoms with Gasteiger partial charge in [0, 0.05) is 49.5 Å². The predicted octanol–water partition coefficient (Wildman–Crippen LogP) is 14.7. The van der Waals surface area contributed by atoms with Crippen LogP contribution in [0.4, 0.5) is 0 Å². The Morgan fingerprint density at radius 3 is 2.06 bits per heavy atom. The van der Waals surface area contributed by atoms with Gasteiger partial charge in [0.15, 0.2) is 0 Å². The van der Waals surface area contributed by atoms with Crippen LogP contribution in [0.5, 0.6) is 0 Å². The fourth-order valence-corrected chi connectivity index (χ4v) is 12.4. The first-order valence-electron chi connectivity index (χ1n) is 22.5. The standard InChI is InChI=1S/C39H36N3O.C18H24GeN.Ir/c1-23(2)31-20-28(27-13-8-7-9-14-27)21-32(24(3)4)33(31)22-42-35-18-11-10-17-34(35)41-39(42)30-16-12-15-29-37-26(6)40-25(5)19-36(37)43-38(29)30;1-14(2)11-16-12-18(15-9-7-6-8-10-15)20-13-17(16)19(3,4)5;/h7-15,17-21,23-24H,22H2,1-6H3;6-9,12-14H,11H2,1-5H3;/q2*-1;. The van der Waals surface area contributed by atoms with E-state index in [2.05, 4.69) is 174 Å². The summed E-state index contributed by atoms with van der Waals surface area (Å²) in [6.45, 7) is 18.5. The summed E-state index contributed by atoms with van der Waals surface area (Å²) < 4.78 is 10.5. The molecule has 64 heavy (non-hydrogen) atoms. The summed E-state index contributed by atoms with van der Waals surface area (Å²) in [6, 6.07) is 47.2. The number of pyridine rings is 2. The summed E-state index contributed by atoms with van der Waals surface area (Å²) in [5.41, 5.74) is 16.8. The Kier molecular flexibility index (Phi) is 14.3.